The third-order valence-corrected chi connectivity index (χ3v) is 9.72. The van der Waals surface area contributed by atoms with Crippen LogP contribution in [0.15, 0.2) is 64.4 Å². The molecule has 5 atom stereocenters. The summed E-state index contributed by atoms with van der Waals surface area (Å²) in [5.41, 5.74) is 7.78. The smallest absolute Gasteiger partial charge is 0.156 e. The first kappa shape index (κ1) is 21.1. The summed E-state index contributed by atoms with van der Waals surface area (Å²) < 4.78 is 6.61. The first-order chi connectivity index (χ1) is 16.0. The number of fused-ring (bicyclic) bond motifs is 5. The van der Waals surface area contributed by atoms with Crippen molar-refractivity contribution in [3.8, 4) is 0 Å². The summed E-state index contributed by atoms with van der Waals surface area (Å²) in [4.78, 5) is 12.2. The van der Waals surface area contributed by atoms with Crippen LogP contribution in [0.5, 0.6) is 0 Å². The third-order valence-electron chi connectivity index (χ3n) is 9.72. The second-order valence-electron chi connectivity index (χ2n) is 11.0. The predicted octanol–water partition coefficient (Wildman–Crippen LogP) is 6.11. The Bertz CT molecular complexity index is 1110. The first-order valence-corrected chi connectivity index (χ1v) is 12.5. The number of benzene rings is 1. The average molecular weight is 444 g/mol. The van der Waals surface area contributed by atoms with Crippen LogP contribution in [0.4, 0.5) is 0 Å². The highest BCUT2D eigenvalue weighted by Crippen LogP contribution is 2.70. The molecule has 0 bridgehead atoms. The van der Waals surface area contributed by atoms with E-state index < -0.39 is 0 Å². The molecule has 1 aromatic carbocycles. The van der Waals surface area contributed by atoms with Crippen molar-refractivity contribution in [1.82, 2.24) is 0 Å². The van der Waals surface area contributed by atoms with Crippen molar-refractivity contribution in [1.29, 1.82) is 0 Å². The molecule has 0 radical (unpaired) electrons. The molecule has 1 spiro atoms. The maximum Gasteiger partial charge on any atom is 0.156 e. The fraction of sp³-hybridized carbons (Fsp3) is 0.517. The average Bonchev–Trinajstić information content (AvgIpc) is 3.34. The molecular weight excluding hydrogens is 410 g/mol. The minimum absolute atomic E-state index is 0.0664. The molecule has 2 saturated carbocycles. The van der Waals surface area contributed by atoms with Gasteiger partial charge in [-0.05, 0) is 90.7 Å². The number of oxime groups is 1. The van der Waals surface area contributed by atoms with Gasteiger partial charge in [0.15, 0.2) is 5.78 Å². The molecule has 0 amide bonds. The number of ketones is 1. The third kappa shape index (κ3) is 2.92. The fourth-order valence-electron chi connectivity index (χ4n) is 8.30. The Morgan fingerprint density at radius 2 is 1.97 bits per heavy atom. The monoisotopic (exact) mass is 443 g/mol. The van der Waals surface area contributed by atoms with E-state index in [1.165, 1.54) is 34.9 Å². The normalized spacial score (nSPS) is 38.0. The second-order valence-corrected chi connectivity index (χ2v) is 11.0. The van der Waals surface area contributed by atoms with E-state index in [-0.39, 0.29) is 16.8 Å². The van der Waals surface area contributed by atoms with E-state index >= 15 is 0 Å². The lowest BCUT2D eigenvalue weighted by Crippen LogP contribution is -2.52. The van der Waals surface area contributed by atoms with Gasteiger partial charge in [0.1, 0.15) is 0 Å². The van der Waals surface area contributed by atoms with Gasteiger partial charge in [0.2, 0.25) is 0 Å². The molecule has 5 aliphatic rings. The molecule has 6 rings (SSSR count). The lowest BCUT2D eigenvalue weighted by atomic mass is 9.50. The number of carbonyl (C=O) groups excluding carboxylic acids is 1. The van der Waals surface area contributed by atoms with Gasteiger partial charge in [-0.3, -0.25) is 4.79 Å². The summed E-state index contributed by atoms with van der Waals surface area (Å²) in [6, 6.07) is 8.49. The van der Waals surface area contributed by atoms with Crippen LogP contribution in [0.3, 0.4) is 0 Å². The van der Waals surface area contributed by atoms with Crippen LogP contribution >= 0.6 is 0 Å². The number of carbonyl (C=O) groups is 1. The molecule has 0 aromatic heterocycles. The van der Waals surface area contributed by atoms with Gasteiger partial charge in [-0.2, -0.15) is 0 Å². The quantitative estimate of drug-likeness (QED) is 0.260. The molecule has 1 heterocycles. The number of hydrogen-bond acceptors (Lipinski definition) is 4. The highest BCUT2D eigenvalue weighted by molar-refractivity contribution is 5.93. The minimum atomic E-state index is -0.186. The van der Waals surface area contributed by atoms with E-state index in [9.17, 15) is 4.79 Å². The van der Waals surface area contributed by atoms with E-state index in [1.54, 1.807) is 5.57 Å². The zero-order valence-corrected chi connectivity index (χ0v) is 19.5. The van der Waals surface area contributed by atoms with Crippen molar-refractivity contribution in [2.45, 2.75) is 69.8 Å². The number of nitrogens with zero attached hydrogens (tertiary/aromatic N) is 1. The number of allylic oxidation sites excluding steroid dienone is 4. The zero-order chi connectivity index (χ0) is 22.8. The Morgan fingerprint density at radius 1 is 1.15 bits per heavy atom. The summed E-state index contributed by atoms with van der Waals surface area (Å²) in [5.74, 6) is 1.75. The zero-order valence-electron chi connectivity index (χ0n) is 19.5. The molecule has 1 aliphatic heterocycles. The number of hydrogen-bond donors (Lipinski definition) is 1. The Kier molecular flexibility index (Phi) is 4.81. The van der Waals surface area contributed by atoms with Crippen molar-refractivity contribution < 1.29 is 14.7 Å². The predicted molar refractivity (Wildman–Crippen MR) is 129 cm³/mol. The molecule has 3 fully saturated rings. The van der Waals surface area contributed by atoms with Crippen molar-refractivity contribution in [2.24, 2.45) is 22.4 Å². The Balaban J connectivity index is 1.51. The molecule has 33 heavy (non-hydrogen) atoms. The SMILES string of the molecule is C=C1CCO[C@@]12CC[C@H]1[C@@H]3CCC4=CC(=O)CCC4=C3[C@@H](c3ccc(/C=N/O)cc3)C[C@@]12C. The van der Waals surface area contributed by atoms with Gasteiger partial charge in [0.05, 0.1) is 18.4 Å². The topological polar surface area (TPSA) is 58.9 Å². The van der Waals surface area contributed by atoms with Gasteiger partial charge in [-0.25, -0.2) is 0 Å². The standard InChI is InChI=1S/C29H33NO3/c1-18-12-14-33-29(18)13-11-26-24-9-7-21-15-22(31)8-10-23(21)27(24)25(16-28(26,29)2)20-5-3-19(4-6-20)17-30-32/h3-6,15,17,24-26,32H,1,7-14,16H2,2H3/b30-17+/t24-,25+,26-,28-,29-/m0/s1. The van der Waals surface area contributed by atoms with Gasteiger partial charge in [-0.1, -0.05) is 48.5 Å². The maximum atomic E-state index is 12.2. The lowest BCUT2D eigenvalue weighted by Gasteiger charge is -2.55. The fourth-order valence-corrected chi connectivity index (χ4v) is 8.30. The molecular formula is C29H33NO3. The van der Waals surface area contributed by atoms with E-state index in [2.05, 4.69) is 30.8 Å². The van der Waals surface area contributed by atoms with Crippen LogP contribution in [0.2, 0.25) is 0 Å². The van der Waals surface area contributed by atoms with Crippen LogP contribution < -0.4 is 0 Å². The summed E-state index contributed by atoms with van der Waals surface area (Å²) in [5, 5.41) is 12.1. The van der Waals surface area contributed by atoms with Gasteiger partial charge >= 0.3 is 0 Å². The van der Waals surface area contributed by atoms with Crippen molar-refractivity contribution in [3.63, 3.8) is 0 Å². The highest BCUT2D eigenvalue weighted by Gasteiger charge is 2.65. The van der Waals surface area contributed by atoms with E-state index in [4.69, 9.17) is 9.94 Å². The molecule has 172 valence electrons. The lowest BCUT2D eigenvalue weighted by molar-refractivity contribution is -0.114. The first-order valence-electron chi connectivity index (χ1n) is 12.5. The van der Waals surface area contributed by atoms with Crippen molar-refractivity contribution in [2.75, 3.05) is 6.61 Å². The van der Waals surface area contributed by atoms with Crippen LogP contribution in [-0.2, 0) is 9.53 Å². The number of ether oxygens (including phenoxy) is 1. The van der Waals surface area contributed by atoms with Gasteiger partial charge < -0.3 is 9.94 Å². The van der Waals surface area contributed by atoms with Crippen LogP contribution in [-0.4, -0.2) is 29.4 Å². The van der Waals surface area contributed by atoms with E-state index in [0.29, 0.717) is 24.2 Å². The van der Waals surface area contributed by atoms with Crippen molar-refractivity contribution >= 4 is 12.0 Å². The summed E-state index contributed by atoms with van der Waals surface area (Å²) in [7, 11) is 0. The minimum Gasteiger partial charge on any atom is -0.411 e. The summed E-state index contributed by atoms with van der Waals surface area (Å²) >= 11 is 0. The van der Waals surface area contributed by atoms with Gasteiger partial charge in [-0.15, -0.1) is 0 Å². The van der Waals surface area contributed by atoms with E-state index in [1.807, 2.05) is 18.2 Å². The van der Waals surface area contributed by atoms with Gasteiger partial charge in [0.25, 0.3) is 0 Å². The number of rotatable bonds is 2. The molecule has 4 nitrogen and oxygen atoms in total. The van der Waals surface area contributed by atoms with Gasteiger partial charge in [0, 0.05) is 17.8 Å². The molecule has 1 saturated heterocycles. The molecule has 4 heteroatoms. The summed E-state index contributed by atoms with van der Waals surface area (Å²) in [6.45, 7) is 7.80. The van der Waals surface area contributed by atoms with Crippen LogP contribution in [0, 0.1) is 17.3 Å². The van der Waals surface area contributed by atoms with E-state index in [0.717, 1.165) is 50.7 Å². The molecule has 4 aliphatic carbocycles. The second kappa shape index (κ2) is 7.53. The Labute approximate surface area is 196 Å². The maximum absolute atomic E-state index is 12.2. The highest BCUT2D eigenvalue weighted by atomic mass is 16.5. The molecule has 1 aromatic rings. The molecule has 1 N–H and O–H groups in total. The van der Waals surface area contributed by atoms with Crippen LogP contribution in [0.25, 0.3) is 0 Å². The summed E-state index contributed by atoms with van der Waals surface area (Å²) in [6.07, 6.45) is 11.4. The Hall–Kier alpha value is -2.46. The van der Waals surface area contributed by atoms with Crippen LogP contribution in [0.1, 0.15) is 75.3 Å². The largest absolute Gasteiger partial charge is 0.411 e. The van der Waals surface area contributed by atoms with Crippen molar-refractivity contribution in [3.05, 3.63) is 70.3 Å². The Morgan fingerprint density at radius 3 is 2.70 bits per heavy atom. The molecule has 0 unspecified atom stereocenters.